The summed E-state index contributed by atoms with van der Waals surface area (Å²) in [6.07, 6.45) is 4.15. The lowest BCUT2D eigenvalue weighted by Crippen LogP contribution is -2.64. The SMILES string of the molecule is COc1cccc(CN2C(=O)c3cc4c(OC)ccc(OC)c4n3CC2(C)C(=O)NC2CCCC2)c1. The Labute approximate surface area is 211 Å². The van der Waals surface area contributed by atoms with E-state index in [0.717, 1.165) is 42.1 Å². The molecule has 1 unspecified atom stereocenters. The Hall–Kier alpha value is -3.68. The van der Waals surface area contributed by atoms with Crippen molar-refractivity contribution in [2.75, 3.05) is 21.3 Å². The maximum atomic E-state index is 14.1. The summed E-state index contributed by atoms with van der Waals surface area (Å²) in [6, 6.07) is 13.2. The molecule has 0 radical (unpaired) electrons. The van der Waals surface area contributed by atoms with E-state index in [2.05, 4.69) is 5.32 Å². The van der Waals surface area contributed by atoms with Crippen LogP contribution >= 0.6 is 0 Å². The van der Waals surface area contributed by atoms with Crippen molar-refractivity contribution in [3.05, 3.63) is 53.7 Å². The molecule has 0 spiro atoms. The third-order valence-electron chi connectivity index (χ3n) is 7.60. The van der Waals surface area contributed by atoms with E-state index in [0.29, 0.717) is 29.5 Å². The molecule has 1 aliphatic heterocycles. The molecule has 5 rings (SSSR count). The number of nitrogens with zero attached hydrogens (tertiary/aromatic N) is 2. The van der Waals surface area contributed by atoms with Gasteiger partial charge < -0.3 is 29.0 Å². The molecular weight excluding hydrogens is 458 g/mol. The van der Waals surface area contributed by atoms with Crippen LogP contribution in [-0.2, 0) is 17.9 Å². The average Bonchev–Trinajstić information content (AvgIpc) is 3.54. The number of nitrogens with one attached hydrogen (secondary N) is 1. The van der Waals surface area contributed by atoms with Crippen molar-refractivity contribution in [3.8, 4) is 17.2 Å². The van der Waals surface area contributed by atoms with E-state index in [1.807, 2.05) is 54.0 Å². The van der Waals surface area contributed by atoms with Crippen LogP contribution in [0.1, 0.15) is 48.7 Å². The summed E-state index contributed by atoms with van der Waals surface area (Å²) in [4.78, 5) is 29.7. The van der Waals surface area contributed by atoms with Crippen LogP contribution in [-0.4, -0.2) is 54.2 Å². The maximum Gasteiger partial charge on any atom is 0.271 e. The Morgan fingerprint density at radius 1 is 1.03 bits per heavy atom. The van der Waals surface area contributed by atoms with Crippen LogP contribution in [0.5, 0.6) is 17.2 Å². The molecule has 8 nitrogen and oxygen atoms in total. The first kappa shape index (κ1) is 24.0. The monoisotopic (exact) mass is 491 g/mol. The molecule has 2 amide bonds. The van der Waals surface area contributed by atoms with Gasteiger partial charge in [0.05, 0.1) is 33.4 Å². The smallest absolute Gasteiger partial charge is 0.271 e. The highest BCUT2D eigenvalue weighted by atomic mass is 16.5. The standard InChI is InChI=1S/C28H33N3O5/c1-28(27(33)29-19-9-5-6-10-19)17-30-22(15-21-23(35-3)12-13-24(36-4)25(21)30)26(32)31(28)16-18-8-7-11-20(14-18)34-2/h7-8,11-15,19H,5-6,9-10,16-17H2,1-4H3,(H,29,33). The number of aromatic nitrogens is 1. The molecular formula is C28H33N3O5. The van der Waals surface area contributed by atoms with E-state index in [1.165, 1.54) is 0 Å². The van der Waals surface area contributed by atoms with Gasteiger partial charge in [0.15, 0.2) is 0 Å². The number of hydrogen-bond acceptors (Lipinski definition) is 5. The Bertz CT molecular complexity index is 1310. The van der Waals surface area contributed by atoms with Gasteiger partial charge in [-0.15, -0.1) is 0 Å². The summed E-state index contributed by atoms with van der Waals surface area (Å²) in [5.41, 5.74) is 1.03. The minimum Gasteiger partial charge on any atom is -0.497 e. The zero-order valence-electron chi connectivity index (χ0n) is 21.3. The topological polar surface area (TPSA) is 82.0 Å². The highest BCUT2D eigenvalue weighted by Gasteiger charge is 2.48. The number of ether oxygens (including phenoxy) is 3. The maximum absolute atomic E-state index is 14.1. The molecule has 36 heavy (non-hydrogen) atoms. The first-order valence-corrected chi connectivity index (χ1v) is 12.4. The second-order valence-electron chi connectivity index (χ2n) is 9.82. The molecule has 1 aliphatic carbocycles. The highest BCUT2D eigenvalue weighted by Crippen LogP contribution is 2.40. The number of methoxy groups -OCH3 is 3. The van der Waals surface area contributed by atoms with Gasteiger partial charge in [-0.2, -0.15) is 0 Å². The quantitative estimate of drug-likeness (QED) is 0.537. The fourth-order valence-corrected chi connectivity index (χ4v) is 5.57. The van der Waals surface area contributed by atoms with Crippen LogP contribution in [0.2, 0.25) is 0 Å². The van der Waals surface area contributed by atoms with Crippen molar-refractivity contribution in [1.82, 2.24) is 14.8 Å². The van der Waals surface area contributed by atoms with Gasteiger partial charge in [-0.25, -0.2) is 0 Å². The first-order valence-electron chi connectivity index (χ1n) is 12.4. The molecule has 1 saturated carbocycles. The number of benzene rings is 2. The van der Waals surface area contributed by atoms with E-state index < -0.39 is 5.54 Å². The summed E-state index contributed by atoms with van der Waals surface area (Å²) in [6.45, 7) is 2.43. The van der Waals surface area contributed by atoms with Crippen molar-refractivity contribution in [2.24, 2.45) is 0 Å². The molecule has 3 aromatic rings. The highest BCUT2D eigenvalue weighted by molar-refractivity contribution is 6.05. The van der Waals surface area contributed by atoms with Crippen molar-refractivity contribution in [2.45, 2.75) is 57.3 Å². The Kier molecular flexibility index (Phi) is 6.28. The fraction of sp³-hybridized carbons (Fsp3) is 0.429. The zero-order valence-corrected chi connectivity index (χ0v) is 21.3. The van der Waals surface area contributed by atoms with Gasteiger partial charge in [-0.05, 0) is 55.7 Å². The molecule has 1 N–H and O–H groups in total. The van der Waals surface area contributed by atoms with E-state index in [4.69, 9.17) is 14.2 Å². The molecule has 2 aromatic carbocycles. The second-order valence-corrected chi connectivity index (χ2v) is 9.82. The normalized spacial score (nSPS) is 19.9. The molecule has 2 aliphatic rings. The Balaban J connectivity index is 1.63. The summed E-state index contributed by atoms with van der Waals surface area (Å²) in [5, 5.41) is 4.02. The molecule has 1 atom stereocenters. The van der Waals surface area contributed by atoms with E-state index in [1.54, 1.807) is 26.2 Å². The van der Waals surface area contributed by atoms with Gasteiger partial charge in [-0.3, -0.25) is 9.59 Å². The lowest BCUT2D eigenvalue weighted by atomic mass is 9.93. The molecule has 1 aromatic heterocycles. The molecule has 2 heterocycles. The van der Waals surface area contributed by atoms with Gasteiger partial charge in [0.1, 0.15) is 28.5 Å². The van der Waals surface area contributed by atoms with E-state index in [-0.39, 0.29) is 24.4 Å². The zero-order chi connectivity index (χ0) is 25.4. The van der Waals surface area contributed by atoms with E-state index in [9.17, 15) is 9.59 Å². The molecule has 1 fully saturated rings. The first-order chi connectivity index (χ1) is 17.4. The van der Waals surface area contributed by atoms with Gasteiger partial charge in [-0.1, -0.05) is 25.0 Å². The number of hydrogen-bond donors (Lipinski definition) is 1. The average molecular weight is 492 g/mol. The number of carbonyl (C=O) groups is 2. The van der Waals surface area contributed by atoms with Crippen molar-refractivity contribution in [1.29, 1.82) is 0 Å². The molecule has 8 heteroatoms. The van der Waals surface area contributed by atoms with Crippen LogP contribution in [0.25, 0.3) is 10.9 Å². The second kappa shape index (κ2) is 9.41. The Morgan fingerprint density at radius 2 is 1.75 bits per heavy atom. The minimum absolute atomic E-state index is 0.139. The third kappa shape index (κ3) is 3.94. The van der Waals surface area contributed by atoms with Crippen LogP contribution in [0.4, 0.5) is 0 Å². The van der Waals surface area contributed by atoms with Crippen molar-refractivity contribution >= 4 is 22.7 Å². The summed E-state index contributed by atoms with van der Waals surface area (Å²) in [7, 11) is 4.82. The number of rotatable bonds is 7. The summed E-state index contributed by atoms with van der Waals surface area (Å²) in [5.74, 6) is 1.63. The van der Waals surface area contributed by atoms with Crippen molar-refractivity contribution in [3.63, 3.8) is 0 Å². The third-order valence-corrected chi connectivity index (χ3v) is 7.60. The minimum atomic E-state index is -1.12. The largest absolute Gasteiger partial charge is 0.497 e. The molecule has 190 valence electrons. The lowest BCUT2D eigenvalue weighted by molar-refractivity contribution is -0.133. The number of fused-ring (bicyclic) bond motifs is 3. The van der Waals surface area contributed by atoms with Gasteiger partial charge in [0.25, 0.3) is 5.91 Å². The van der Waals surface area contributed by atoms with Crippen LogP contribution in [0.15, 0.2) is 42.5 Å². The van der Waals surface area contributed by atoms with Crippen molar-refractivity contribution < 1.29 is 23.8 Å². The summed E-state index contributed by atoms with van der Waals surface area (Å²) < 4.78 is 18.5. The van der Waals surface area contributed by atoms with Gasteiger partial charge in [0, 0.05) is 18.0 Å². The number of carbonyl (C=O) groups excluding carboxylic acids is 2. The predicted molar refractivity (Wildman–Crippen MR) is 137 cm³/mol. The van der Waals surface area contributed by atoms with Crippen LogP contribution in [0, 0.1) is 0 Å². The van der Waals surface area contributed by atoms with Crippen LogP contribution in [0.3, 0.4) is 0 Å². The predicted octanol–water partition coefficient (Wildman–Crippen LogP) is 4.14. The fourth-order valence-electron chi connectivity index (χ4n) is 5.57. The van der Waals surface area contributed by atoms with Gasteiger partial charge in [0.2, 0.25) is 5.91 Å². The molecule has 0 saturated heterocycles. The molecule has 0 bridgehead atoms. The Morgan fingerprint density at radius 3 is 2.44 bits per heavy atom. The lowest BCUT2D eigenvalue weighted by Gasteiger charge is -2.44. The van der Waals surface area contributed by atoms with E-state index >= 15 is 0 Å². The van der Waals surface area contributed by atoms with Gasteiger partial charge >= 0.3 is 0 Å². The number of amides is 2. The summed E-state index contributed by atoms with van der Waals surface area (Å²) >= 11 is 0. The van der Waals surface area contributed by atoms with Crippen LogP contribution < -0.4 is 19.5 Å².